The van der Waals surface area contributed by atoms with Crippen LogP contribution in [0.15, 0.2) is 48.5 Å². The SMILES string of the molecule is CCCCNC(=O)[C@@H](CC)N(Cc1ccc(C)cc1)C(=O)CCc1ccc(CC)cc1. The monoisotopic (exact) mass is 422 g/mol. The van der Waals surface area contributed by atoms with Gasteiger partial charge in [-0.25, -0.2) is 0 Å². The normalized spacial score (nSPS) is 11.7. The number of hydrogen-bond acceptors (Lipinski definition) is 2. The lowest BCUT2D eigenvalue weighted by molar-refractivity contribution is -0.141. The molecule has 1 N–H and O–H groups in total. The van der Waals surface area contributed by atoms with E-state index in [-0.39, 0.29) is 11.8 Å². The molecule has 0 heterocycles. The number of carbonyl (C=O) groups is 2. The predicted molar refractivity (Wildman–Crippen MR) is 128 cm³/mol. The number of aryl methyl sites for hydroxylation is 3. The zero-order valence-corrected chi connectivity index (χ0v) is 19.6. The van der Waals surface area contributed by atoms with Crippen molar-refractivity contribution in [1.82, 2.24) is 10.2 Å². The van der Waals surface area contributed by atoms with Crippen molar-refractivity contribution in [1.29, 1.82) is 0 Å². The molecule has 31 heavy (non-hydrogen) atoms. The molecule has 0 saturated carbocycles. The van der Waals surface area contributed by atoms with Crippen molar-refractivity contribution in [3.8, 4) is 0 Å². The lowest BCUT2D eigenvalue weighted by atomic mass is 10.0. The van der Waals surface area contributed by atoms with Crippen LogP contribution in [-0.4, -0.2) is 29.3 Å². The van der Waals surface area contributed by atoms with Gasteiger partial charge >= 0.3 is 0 Å². The third kappa shape index (κ3) is 7.86. The molecule has 2 aromatic rings. The number of amides is 2. The van der Waals surface area contributed by atoms with Gasteiger partial charge in [0.05, 0.1) is 0 Å². The fourth-order valence-corrected chi connectivity index (χ4v) is 3.65. The van der Waals surface area contributed by atoms with Crippen LogP contribution in [0.2, 0.25) is 0 Å². The van der Waals surface area contributed by atoms with Gasteiger partial charge in [0.2, 0.25) is 11.8 Å². The van der Waals surface area contributed by atoms with Gasteiger partial charge in [-0.1, -0.05) is 81.3 Å². The number of carbonyl (C=O) groups excluding carboxylic acids is 2. The molecule has 0 spiro atoms. The van der Waals surface area contributed by atoms with Crippen LogP contribution in [0.25, 0.3) is 0 Å². The Hall–Kier alpha value is -2.62. The number of nitrogens with one attached hydrogen (secondary N) is 1. The molecule has 4 nitrogen and oxygen atoms in total. The van der Waals surface area contributed by atoms with Gasteiger partial charge in [0.25, 0.3) is 0 Å². The van der Waals surface area contributed by atoms with Crippen molar-refractivity contribution in [3.05, 3.63) is 70.8 Å². The minimum absolute atomic E-state index is 0.0256. The Morgan fingerprint density at radius 3 is 2.10 bits per heavy atom. The summed E-state index contributed by atoms with van der Waals surface area (Å²) in [6, 6.07) is 16.2. The van der Waals surface area contributed by atoms with Crippen LogP contribution in [0.4, 0.5) is 0 Å². The smallest absolute Gasteiger partial charge is 0.242 e. The van der Waals surface area contributed by atoms with Crippen molar-refractivity contribution in [2.75, 3.05) is 6.54 Å². The quantitative estimate of drug-likeness (QED) is 0.477. The summed E-state index contributed by atoms with van der Waals surface area (Å²) < 4.78 is 0. The van der Waals surface area contributed by atoms with Gasteiger partial charge in [-0.3, -0.25) is 9.59 Å². The summed E-state index contributed by atoms with van der Waals surface area (Å²) in [5.41, 5.74) is 4.68. The first-order valence-electron chi connectivity index (χ1n) is 11.7. The molecule has 0 aliphatic heterocycles. The van der Waals surface area contributed by atoms with Crippen LogP contribution in [0, 0.1) is 6.92 Å². The van der Waals surface area contributed by atoms with E-state index in [0.29, 0.717) is 32.4 Å². The summed E-state index contributed by atoms with van der Waals surface area (Å²) >= 11 is 0. The highest BCUT2D eigenvalue weighted by Gasteiger charge is 2.28. The molecular weight excluding hydrogens is 384 g/mol. The third-order valence-corrected chi connectivity index (χ3v) is 5.75. The molecule has 0 aromatic heterocycles. The first-order valence-corrected chi connectivity index (χ1v) is 11.7. The molecule has 0 fully saturated rings. The largest absolute Gasteiger partial charge is 0.354 e. The van der Waals surface area contributed by atoms with Crippen LogP contribution in [-0.2, 0) is 29.0 Å². The second-order valence-corrected chi connectivity index (χ2v) is 8.25. The molecule has 168 valence electrons. The number of benzene rings is 2. The maximum atomic E-state index is 13.3. The van der Waals surface area contributed by atoms with E-state index in [4.69, 9.17) is 0 Å². The molecule has 0 aliphatic carbocycles. The zero-order chi connectivity index (χ0) is 22.6. The summed E-state index contributed by atoms with van der Waals surface area (Å²) in [6.45, 7) is 9.37. The van der Waals surface area contributed by atoms with Gasteiger partial charge in [0.1, 0.15) is 6.04 Å². The number of rotatable bonds is 12. The van der Waals surface area contributed by atoms with E-state index in [1.54, 1.807) is 4.90 Å². The van der Waals surface area contributed by atoms with Crippen LogP contribution in [0.3, 0.4) is 0 Å². The Morgan fingerprint density at radius 1 is 0.903 bits per heavy atom. The summed E-state index contributed by atoms with van der Waals surface area (Å²) in [6.07, 6.45) is 4.66. The van der Waals surface area contributed by atoms with Gasteiger partial charge in [0.15, 0.2) is 0 Å². The third-order valence-electron chi connectivity index (χ3n) is 5.75. The second-order valence-electron chi connectivity index (χ2n) is 8.25. The molecule has 0 saturated heterocycles. The van der Waals surface area contributed by atoms with Gasteiger partial charge in [-0.05, 0) is 49.3 Å². The molecule has 2 aromatic carbocycles. The Kier molecular flexibility index (Phi) is 10.3. The molecule has 0 aliphatic rings. The maximum absolute atomic E-state index is 13.3. The Labute approximate surface area is 188 Å². The van der Waals surface area contributed by atoms with E-state index in [9.17, 15) is 9.59 Å². The minimum Gasteiger partial charge on any atom is -0.354 e. The van der Waals surface area contributed by atoms with Gasteiger partial charge in [-0.2, -0.15) is 0 Å². The van der Waals surface area contributed by atoms with Crippen molar-refractivity contribution in [2.45, 2.75) is 78.8 Å². The molecule has 1 atom stereocenters. The van der Waals surface area contributed by atoms with Crippen LogP contribution in [0.1, 0.15) is 68.7 Å². The minimum atomic E-state index is -0.451. The Balaban J connectivity index is 2.14. The van der Waals surface area contributed by atoms with Crippen molar-refractivity contribution in [2.24, 2.45) is 0 Å². The molecule has 0 bridgehead atoms. The van der Waals surface area contributed by atoms with E-state index in [1.165, 1.54) is 11.1 Å². The van der Waals surface area contributed by atoms with Crippen molar-refractivity contribution in [3.63, 3.8) is 0 Å². The van der Waals surface area contributed by atoms with E-state index < -0.39 is 6.04 Å². The fraction of sp³-hybridized carbons (Fsp3) is 0.481. The van der Waals surface area contributed by atoms with E-state index in [0.717, 1.165) is 30.4 Å². The van der Waals surface area contributed by atoms with Crippen LogP contribution >= 0.6 is 0 Å². The Morgan fingerprint density at radius 2 is 1.52 bits per heavy atom. The van der Waals surface area contributed by atoms with Crippen LogP contribution < -0.4 is 5.32 Å². The standard InChI is InChI=1S/C27H38N2O2/c1-5-8-19-28-27(31)25(7-3)29(20-24-11-9-21(4)10-12-24)26(30)18-17-23-15-13-22(6-2)14-16-23/h9-16,25H,5-8,17-20H2,1-4H3,(H,28,31)/t25-/m1/s1. The summed E-state index contributed by atoms with van der Waals surface area (Å²) in [5.74, 6) is -0.0265. The lowest BCUT2D eigenvalue weighted by Crippen LogP contribution is -2.49. The first kappa shape index (κ1) is 24.6. The second kappa shape index (κ2) is 12.9. The average Bonchev–Trinajstić information content (AvgIpc) is 2.79. The predicted octanol–water partition coefficient (Wildman–Crippen LogP) is 5.21. The summed E-state index contributed by atoms with van der Waals surface area (Å²) in [7, 11) is 0. The highest BCUT2D eigenvalue weighted by atomic mass is 16.2. The van der Waals surface area contributed by atoms with Gasteiger partial charge < -0.3 is 10.2 Å². The molecule has 2 rings (SSSR count). The number of hydrogen-bond donors (Lipinski definition) is 1. The molecule has 2 amide bonds. The molecular formula is C27H38N2O2. The number of nitrogens with zero attached hydrogens (tertiary/aromatic N) is 1. The average molecular weight is 423 g/mol. The van der Waals surface area contributed by atoms with Crippen LogP contribution in [0.5, 0.6) is 0 Å². The van der Waals surface area contributed by atoms with Gasteiger partial charge in [0, 0.05) is 19.5 Å². The van der Waals surface area contributed by atoms with Crippen molar-refractivity contribution < 1.29 is 9.59 Å². The maximum Gasteiger partial charge on any atom is 0.242 e. The number of unbranched alkanes of at least 4 members (excludes halogenated alkanes) is 1. The zero-order valence-electron chi connectivity index (χ0n) is 19.6. The highest BCUT2D eigenvalue weighted by Crippen LogP contribution is 2.16. The summed E-state index contributed by atoms with van der Waals surface area (Å²) in [5, 5.41) is 3.02. The van der Waals surface area contributed by atoms with E-state index >= 15 is 0 Å². The van der Waals surface area contributed by atoms with E-state index in [2.05, 4.69) is 55.6 Å². The first-order chi connectivity index (χ1) is 15.0. The molecule has 4 heteroatoms. The molecule has 0 radical (unpaired) electrons. The molecule has 0 unspecified atom stereocenters. The lowest BCUT2D eigenvalue weighted by Gasteiger charge is -2.31. The summed E-state index contributed by atoms with van der Waals surface area (Å²) in [4.78, 5) is 27.9. The Bertz CT molecular complexity index is 812. The fourth-order valence-electron chi connectivity index (χ4n) is 3.65. The van der Waals surface area contributed by atoms with Crippen molar-refractivity contribution >= 4 is 11.8 Å². The van der Waals surface area contributed by atoms with Gasteiger partial charge in [-0.15, -0.1) is 0 Å². The van der Waals surface area contributed by atoms with E-state index in [1.807, 2.05) is 26.0 Å². The highest BCUT2D eigenvalue weighted by molar-refractivity contribution is 5.87. The topological polar surface area (TPSA) is 49.4 Å².